The van der Waals surface area contributed by atoms with E-state index in [9.17, 15) is 22.8 Å². The van der Waals surface area contributed by atoms with Crippen molar-refractivity contribution in [3.05, 3.63) is 46.8 Å². The van der Waals surface area contributed by atoms with E-state index in [1.807, 2.05) is 18.4 Å². The molecule has 35 heavy (non-hydrogen) atoms. The van der Waals surface area contributed by atoms with E-state index in [2.05, 4.69) is 5.32 Å². The maximum atomic E-state index is 13.4. The molecule has 1 aromatic heterocycles. The molecule has 1 saturated carbocycles. The normalized spacial score (nSPS) is 22.7. The number of hydrogen-bond donors (Lipinski definition) is 1. The molecule has 2 aliphatic rings. The van der Waals surface area contributed by atoms with E-state index < -0.39 is 11.7 Å². The first-order valence-corrected chi connectivity index (χ1v) is 12.7. The minimum atomic E-state index is -4.39. The van der Waals surface area contributed by atoms with Crippen LogP contribution >= 0.6 is 0 Å². The number of nitrogens with one attached hydrogen (secondary N) is 1. The third-order valence-corrected chi connectivity index (χ3v) is 7.45. The minimum absolute atomic E-state index is 0.0645. The van der Waals surface area contributed by atoms with Gasteiger partial charge in [0.25, 0.3) is 0 Å². The molecule has 2 unspecified atom stereocenters. The molecule has 0 bridgehead atoms. The summed E-state index contributed by atoms with van der Waals surface area (Å²) in [6.07, 6.45) is 2.98. The van der Waals surface area contributed by atoms with Gasteiger partial charge in [-0.2, -0.15) is 13.2 Å². The Balaban J connectivity index is 1.71. The molecule has 0 radical (unpaired) electrons. The average molecular weight is 490 g/mol. The van der Waals surface area contributed by atoms with Crippen molar-refractivity contribution in [2.75, 3.05) is 5.32 Å². The van der Waals surface area contributed by atoms with E-state index in [0.29, 0.717) is 42.2 Å². The smallest absolute Gasteiger partial charge is 0.353 e. The topological polar surface area (TPSA) is 64.0 Å². The van der Waals surface area contributed by atoms with Gasteiger partial charge in [-0.05, 0) is 49.8 Å². The molecule has 8 heteroatoms. The second-order valence-electron chi connectivity index (χ2n) is 10.2. The van der Waals surface area contributed by atoms with E-state index in [1.165, 1.54) is 18.6 Å². The van der Waals surface area contributed by atoms with E-state index in [1.54, 1.807) is 0 Å². The fourth-order valence-corrected chi connectivity index (χ4v) is 5.25. The highest BCUT2D eigenvalue weighted by atomic mass is 19.4. The van der Waals surface area contributed by atoms with Crippen LogP contribution in [0.15, 0.2) is 24.3 Å². The van der Waals surface area contributed by atoms with Crippen LogP contribution in [-0.2, 0) is 23.9 Å². The molecule has 2 aliphatic carbocycles. The van der Waals surface area contributed by atoms with Gasteiger partial charge in [0.05, 0.1) is 17.8 Å². The summed E-state index contributed by atoms with van der Waals surface area (Å²) in [6, 6.07) is 5.34. The van der Waals surface area contributed by atoms with Crippen molar-refractivity contribution in [1.82, 2.24) is 9.55 Å². The number of rotatable bonds is 4. The lowest BCUT2D eigenvalue weighted by molar-refractivity contribution is -0.137. The lowest BCUT2D eigenvalue weighted by atomic mass is 9.86. The molecule has 1 N–H and O–H groups in total. The molecule has 1 fully saturated rings. The Labute approximate surface area is 204 Å². The molecular weight excluding hydrogens is 455 g/mol. The van der Waals surface area contributed by atoms with Gasteiger partial charge in [-0.1, -0.05) is 45.2 Å². The van der Waals surface area contributed by atoms with E-state index in [-0.39, 0.29) is 42.4 Å². The lowest BCUT2D eigenvalue weighted by Gasteiger charge is -2.24. The minimum Gasteiger partial charge on any atom is -0.353 e. The Bertz CT molecular complexity index is 1050. The average Bonchev–Trinajstić information content (AvgIpc) is 3.16. The molecular formula is C27H34F3N3O2. The molecule has 0 spiro atoms. The van der Waals surface area contributed by atoms with Gasteiger partial charge in [0.15, 0.2) is 5.78 Å². The number of anilines is 1. The first-order valence-electron chi connectivity index (χ1n) is 12.7. The molecule has 2 aromatic rings. The second-order valence-corrected chi connectivity index (χ2v) is 10.2. The fraction of sp³-hybridized carbons (Fsp3) is 0.593. The van der Waals surface area contributed by atoms with Crippen molar-refractivity contribution in [2.24, 2.45) is 11.8 Å². The van der Waals surface area contributed by atoms with Crippen LogP contribution in [0, 0.1) is 11.8 Å². The molecule has 0 saturated heterocycles. The van der Waals surface area contributed by atoms with E-state index in [0.717, 1.165) is 37.8 Å². The van der Waals surface area contributed by atoms with Crippen molar-refractivity contribution in [2.45, 2.75) is 90.4 Å². The number of halogens is 3. The SMILES string of the molecule is CC1CCC(=O)c2c(nc(NC3CCCCC3)n2Cc2ccc(C(F)(F)F)cc2)CCC(C)C1=O. The number of ketones is 2. The number of aryl methyl sites for hydroxylation is 1. The molecule has 1 heterocycles. The standard InChI is InChI=1S/C27H34F3N3O2/c1-17-8-14-22-24(23(34)15-9-18(2)25(17)35)33(26(32-22)31-21-6-4-3-5-7-21)16-19-10-12-20(13-11-19)27(28,29)30/h10-13,17-18,21H,3-9,14-16H2,1-2H3,(H,31,32). The first kappa shape index (κ1) is 25.5. The van der Waals surface area contributed by atoms with Crippen molar-refractivity contribution in [3.63, 3.8) is 0 Å². The van der Waals surface area contributed by atoms with Crippen molar-refractivity contribution in [1.29, 1.82) is 0 Å². The maximum Gasteiger partial charge on any atom is 0.416 e. The largest absolute Gasteiger partial charge is 0.416 e. The summed E-state index contributed by atoms with van der Waals surface area (Å²) in [6.45, 7) is 4.07. The number of fused-ring (bicyclic) bond motifs is 1. The first-order chi connectivity index (χ1) is 16.6. The van der Waals surface area contributed by atoms with Crippen LogP contribution in [0.3, 0.4) is 0 Å². The number of aromatic nitrogens is 2. The van der Waals surface area contributed by atoms with Gasteiger partial charge in [0.1, 0.15) is 11.5 Å². The summed E-state index contributed by atoms with van der Waals surface area (Å²) < 4.78 is 41.0. The Morgan fingerprint density at radius 3 is 2.20 bits per heavy atom. The Hall–Kier alpha value is -2.64. The Morgan fingerprint density at radius 1 is 0.943 bits per heavy atom. The van der Waals surface area contributed by atoms with Crippen LogP contribution in [0.4, 0.5) is 19.1 Å². The number of hydrogen-bond acceptors (Lipinski definition) is 4. The fourth-order valence-electron chi connectivity index (χ4n) is 5.25. The van der Waals surface area contributed by atoms with Gasteiger partial charge in [-0.3, -0.25) is 9.59 Å². The van der Waals surface area contributed by atoms with Crippen LogP contribution in [0.25, 0.3) is 0 Å². The highest BCUT2D eigenvalue weighted by Crippen LogP contribution is 2.31. The Morgan fingerprint density at radius 2 is 1.57 bits per heavy atom. The molecule has 0 aliphatic heterocycles. The zero-order chi connectivity index (χ0) is 25.2. The van der Waals surface area contributed by atoms with Crippen LogP contribution < -0.4 is 5.32 Å². The number of carbonyl (C=O) groups excluding carboxylic acids is 2. The number of imidazole rings is 1. The second kappa shape index (κ2) is 10.5. The quantitative estimate of drug-likeness (QED) is 0.536. The third kappa shape index (κ3) is 5.96. The molecule has 2 atom stereocenters. The summed E-state index contributed by atoms with van der Waals surface area (Å²) in [4.78, 5) is 30.9. The van der Waals surface area contributed by atoms with Crippen molar-refractivity contribution in [3.8, 4) is 0 Å². The monoisotopic (exact) mass is 489 g/mol. The summed E-state index contributed by atoms with van der Waals surface area (Å²) >= 11 is 0. The van der Waals surface area contributed by atoms with Gasteiger partial charge in [0.2, 0.25) is 5.95 Å². The molecule has 0 amide bonds. The number of carbonyl (C=O) groups is 2. The summed E-state index contributed by atoms with van der Waals surface area (Å²) in [5.74, 6) is 0.431. The zero-order valence-electron chi connectivity index (χ0n) is 20.5. The third-order valence-electron chi connectivity index (χ3n) is 7.45. The van der Waals surface area contributed by atoms with E-state index in [4.69, 9.17) is 4.98 Å². The predicted octanol–water partition coefficient (Wildman–Crippen LogP) is 6.45. The summed E-state index contributed by atoms with van der Waals surface area (Å²) in [5.41, 5.74) is 1.18. The highest BCUT2D eigenvalue weighted by molar-refractivity contribution is 5.97. The Kier molecular flexibility index (Phi) is 7.67. The van der Waals surface area contributed by atoms with E-state index >= 15 is 0 Å². The van der Waals surface area contributed by atoms with Crippen LogP contribution in [0.5, 0.6) is 0 Å². The predicted molar refractivity (Wildman–Crippen MR) is 128 cm³/mol. The summed E-state index contributed by atoms with van der Waals surface area (Å²) in [5, 5.41) is 3.54. The summed E-state index contributed by atoms with van der Waals surface area (Å²) in [7, 11) is 0. The zero-order valence-corrected chi connectivity index (χ0v) is 20.5. The van der Waals surface area contributed by atoms with Crippen LogP contribution in [0.1, 0.15) is 92.5 Å². The van der Waals surface area contributed by atoms with Gasteiger partial charge in [-0.15, -0.1) is 0 Å². The highest BCUT2D eigenvalue weighted by Gasteiger charge is 2.31. The number of Topliss-reactive ketones (excluding diaryl/α,β-unsaturated/α-hetero) is 2. The van der Waals surface area contributed by atoms with Crippen LogP contribution in [0.2, 0.25) is 0 Å². The lowest BCUT2D eigenvalue weighted by Crippen LogP contribution is -2.25. The number of alkyl halides is 3. The van der Waals surface area contributed by atoms with Gasteiger partial charge in [-0.25, -0.2) is 4.98 Å². The van der Waals surface area contributed by atoms with Crippen molar-refractivity contribution < 1.29 is 22.8 Å². The number of benzene rings is 1. The van der Waals surface area contributed by atoms with Gasteiger partial charge < -0.3 is 9.88 Å². The van der Waals surface area contributed by atoms with Gasteiger partial charge in [0, 0.05) is 24.3 Å². The van der Waals surface area contributed by atoms with Crippen LogP contribution in [-0.4, -0.2) is 27.2 Å². The molecule has 190 valence electrons. The molecule has 4 rings (SSSR count). The number of nitrogens with zero attached hydrogens (tertiary/aromatic N) is 2. The molecule has 1 aromatic carbocycles. The molecule has 5 nitrogen and oxygen atoms in total. The maximum absolute atomic E-state index is 13.4. The van der Waals surface area contributed by atoms with Crippen molar-refractivity contribution >= 4 is 17.5 Å². The van der Waals surface area contributed by atoms with Gasteiger partial charge >= 0.3 is 6.18 Å².